The molecule has 1 saturated heterocycles. The fraction of sp³-hybridized carbons (Fsp3) is 0.400. The highest BCUT2D eigenvalue weighted by Crippen LogP contribution is 2.29. The third-order valence-electron chi connectivity index (χ3n) is 4.87. The predicted octanol–water partition coefficient (Wildman–Crippen LogP) is 2.31. The van der Waals surface area contributed by atoms with Gasteiger partial charge in [-0.05, 0) is 35.7 Å². The average molecular weight is 392 g/mol. The maximum Gasteiger partial charge on any atom is 0.416 e. The van der Waals surface area contributed by atoms with Crippen LogP contribution in [-0.2, 0) is 23.9 Å². The number of pyridine rings is 1. The maximum absolute atomic E-state index is 12.8. The zero-order valence-corrected chi connectivity index (χ0v) is 15.4. The number of nitrogens with zero attached hydrogens (tertiary/aromatic N) is 3. The molecule has 28 heavy (non-hydrogen) atoms. The number of halogens is 3. The molecule has 1 aromatic heterocycles. The summed E-state index contributed by atoms with van der Waals surface area (Å²) in [7, 11) is 0. The standard InChI is InChI=1S/C20H23F3N4O/c21-20(22,23)17-3-1-2-16(12-17)13-18(24)19(28)27-10-8-26(9-11-27)14-15-4-6-25-7-5-15/h1-7,12,18H,8-11,13-14,24H2. The third-order valence-corrected chi connectivity index (χ3v) is 4.87. The van der Waals surface area contributed by atoms with Gasteiger partial charge < -0.3 is 10.6 Å². The van der Waals surface area contributed by atoms with E-state index in [9.17, 15) is 18.0 Å². The van der Waals surface area contributed by atoms with Crippen molar-refractivity contribution in [2.45, 2.75) is 25.2 Å². The lowest BCUT2D eigenvalue weighted by Crippen LogP contribution is -2.53. The van der Waals surface area contributed by atoms with Crippen molar-refractivity contribution in [2.24, 2.45) is 5.73 Å². The molecule has 150 valence electrons. The van der Waals surface area contributed by atoms with Gasteiger partial charge in [0, 0.05) is 45.1 Å². The summed E-state index contributed by atoms with van der Waals surface area (Å²) in [4.78, 5) is 20.5. The fourth-order valence-electron chi connectivity index (χ4n) is 3.32. The van der Waals surface area contributed by atoms with Crippen molar-refractivity contribution in [2.75, 3.05) is 26.2 Å². The molecule has 1 aliphatic rings. The minimum absolute atomic E-state index is 0.0833. The van der Waals surface area contributed by atoms with Gasteiger partial charge in [-0.3, -0.25) is 14.7 Å². The molecule has 0 bridgehead atoms. The zero-order valence-electron chi connectivity index (χ0n) is 15.4. The summed E-state index contributed by atoms with van der Waals surface area (Å²) in [6, 6.07) is 8.04. The third kappa shape index (κ3) is 5.30. The first kappa shape index (κ1) is 20.3. The number of rotatable bonds is 5. The van der Waals surface area contributed by atoms with Gasteiger partial charge in [-0.15, -0.1) is 0 Å². The molecule has 0 radical (unpaired) electrons. The van der Waals surface area contributed by atoms with E-state index < -0.39 is 17.8 Å². The highest BCUT2D eigenvalue weighted by Gasteiger charge is 2.31. The van der Waals surface area contributed by atoms with Crippen molar-refractivity contribution < 1.29 is 18.0 Å². The van der Waals surface area contributed by atoms with Gasteiger partial charge in [0.25, 0.3) is 0 Å². The number of amides is 1. The Morgan fingerprint density at radius 2 is 1.75 bits per heavy atom. The summed E-state index contributed by atoms with van der Waals surface area (Å²) >= 11 is 0. The van der Waals surface area contributed by atoms with Crippen molar-refractivity contribution in [3.63, 3.8) is 0 Å². The molecule has 0 spiro atoms. The second-order valence-electron chi connectivity index (χ2n) is 6.97. The number of alkyl halides is 3. The van der Waals surface area contributed by atoms with Crippen LogP contribution in [0.5, 0.6) is 0 Å². The Balaban J connectivity index is 1.52. The number of hydrogen-bond donors (Lipinski definition) is 1. The normalized spacial score (nSPS) is 16.8. The summed E-state index contributed by atoms with van der Waals surface area (Å²) in [5.74, 6) is -0.221. The lowest BCUT2D eigenvalue weighted by Gasteiger charge is -2.36. The van der Waals surface area contributed by atoms with Crippen LogP contribution in [0, 0.1) is 0 Å². The first-order valence-electron chi connectivity index (χ1n) is 9.14. The maximum atomic E-state index is 12.8. The van der Waals surface area contributed by atoms with E-state index in [0.29, 0.717) is 18.7 Å². The Bertz CT molecular complexity index is 790. The molecule has 1 unspecified atom stereocenters. The molecule has 0 aliphatic carbocycles. The van der Waals surface area contributed by atoms with Gasteiger partial charge in [-0.25, -0.2) is 0 Å². The summed E-state index contributed by atoms with van der Waals surface area (Å²) < 4.78 is 38.5. The molecule has 1 amide bonds. The second-order valence-corrected chi connectivity index (χ2v) is 6.97. The Labute approximate surface area is 162 Å². The smallest absolute Gasteiger partial charge is 0.339 e. The minimum Gasteiger partial charge on any atom is -0.339 e. The van der Waals surface area contributed by atoms with Crippen LogP contribution < -0.4 is 5.73 Å². The zero-order chi connectivity index (χ0) is 20.1. The lowest BCUT2D eigenvalue weighted by molar-refractivity contribution is -0.137. The van der Waals surface area contributed by atoms with Gasteiger partial charge in [0.15, 0.2) is 0 Å². The fourth-order valence-corrected chi connectivity index (χ4v) is 3.32. The van der Waals surface area contributed by atoms with Crippen LogP contribution in [0.15, 0.2) is 48.8 Å². The van der Waals surface area contributed by atoms with Crippen molar-refractivity contribution in [1.29, 1.82) is 0 Å². The van der Waals surface area contributed by atoms with Crippen molar-refractivity contribution in [3.8, 4) is 0 Å². The summed E-state index contributed by atoms with van der Waals surface area (Å²) in [6.45, 7) is 3.36. The number of carbonyl (C=O) groups excluding carboxylic acids is 1. The summed E-state index contributed by atoms with van der Waals surface area (Å²) in [6.07, 6.45) is -0.820. The van der Waals surface area contributed by atoms with Gasteiger partial charge in [0.1, 0.15) is 0 Å². The molecule has 1 atom stereocenters. The van der Waals surface area contributed by atoms with Gasteiger partial charge in [0.2, 0.25) is 5.91 Å². The van der Waals surface area contributed by atoms with Crippen molar-refractivity contribution in [1.82, 2.24) is 14.8 Å². The number of nitrogens with two attached hydrogens (primary N) is 1. The van der Waals surface area contributed by atoms with E-state index >= 15 is 0 Å². The molecule has 3 rings (SSSR count). The molecule has 0 saturated carbocycles. The van der Waals surface area contributed by atoms with Gasteiger partial charge >= 0.3 is 6.18 Å². The van der Waals surface area contributed by atoms with E-state index in [1.54, 1.807) is 23.4 Å². The monoisotopic (exact) mass is 392 g/mol. The van der Waals surface area contributed by atoms with Crippen LogP contribution in [0.2, 0.25) is 0 Å². The Hall–Kier alpha value is -2.45. The van der Waals surface area contributed by atoms with E-state index in [1.165, 1.54) is 6.07 Å². The van der Waals surface area contributed by atoms with Crippen LogP contribution in [-0.4, -0.2) is 52.9 Å². The molecular formula is C20H23F3N4O. The van der Waals surface area contributed by atoms with E-state index in [2.05, 4.69) is 9.88 Å². The molecule has 2 aromatic rings. The topological polar surface area (TPSA) is 62.5 Å². The van der Waals surface area contributed by atoms with Crippen LogP contribution in [0.25, 0.3) is 0 Å². The van der Waals surface area contributed by atoms with Crippen LogP contribution in [0.3, 0.4) is 0 Å². The Morgan fingerprint density at radius 3 is 2.39 bits per heavy atom. The second kappa shape index (κ2) is 8.70. The predicted molar refractivity (Wildman–Crippen MR) is 99.2 cm³/mol. The van der Waals surface area contributed by atoms with Gasteiger partial charge in [-0.1, -0.05) is 18.2 Å². The van der Waals surface area contributed by atoms with E-state index in [4.69, 9.17) is 5.73 Å². The Morgan fingerprint density at radius 1 is 1.07 bits per heavy atom. The average Bonchev–Trinajstić information content (AvgIpc) is 2.68. The molecule has 1 aliphatic heterocycles. The number of benzene rings is 1. The number of carbonyl (C=O) groups is 1. The molecule has 5 nitrogen and oxygen atoms in total. The molecule has 1 fully saturated rings. The van der Waals surface area contributed by atoms with Crippen molar-refractivity contribution in [3.05, 3.63) is 65.5 Å². The van der Waals surface area contributed by atoms with Gasteiger partial charge in [0.05, 0.1) is 11.6 Å². The van der Waals surface area contributed by atoms with Crippen LogP contribution >= 0.6 is 0 Å². The number of aromatic nitrogens is 1. The SMILES string of the molecule is NC(Cc1cccc(C(F)(F)F)c1)C(=O)N1CCN(Cc2ccncc2)CC1. The number of piperazine rings is 1. The highest BCUT2D eigenvalue weighted by molar-refractivity contribution is 5.82. The van der Waals surface area contributed by atoms with E-state index in [0.717, 1.165) is 37.3 Å². The molecule has 1 aromatic carbocycles. The Kier molecular flexibility index (Phi) is 6.31. The van der Waals surface area contributed by atoms with E-state index in [1.807, 2.05) is 12.1 Å². The van der Waals surface area contributed by atoms with Gasteiger partial charge in [-0.2, -0.15) is 13.2 Å². The lowest BCUT2D eigenvalue weighted by atomic mass is 10.0. The highest BCUT2D eigenvalue weighted by atomic mass is 19.4. The first-order valence-corrected chi connectivity index (χ1v) is 9.14. The molecule has 8 heteroatoms. The number of hydrogen-bond acceptors (Lipinski definition) is 4. The van der Waals surface area contributed by atoms with Crippen LogP contribution in [0.4, 0.5) is 13.2 Å². The van der Waals surface area contributed by atoms with Crippen LogP contribution in [0.1, 0.15) is 16.7 Å². The molecule has 2 heterocycles. The first-order chi connectivity index (χ1) is 13.3. The summed E-state index contributed by atoms with van der Waals surface area (Å²) in [5, 5.41) is 0. The molecular weight excluding hydrogens is 369 g/mol. The summed E-state index contributed by atoms with van der Waals surface area (Å²) in [5.41, 5.74) is 6.85. The largest absolute Gasteiger partial charge is 0.416 e. The van der Waals surface area contributed by atoms with E-state index in [-0.39, 0.29) is 12.3 Å². The quantitative estimate of drug-likeness (QED) is 0.848. The van der Waals surface area contributed by atoms with Crippen molar-refractivity contribution >= 4 is 5.91 Å². The molecule has 2 N–H and O–H groups in total. The minimum atomic E-state index is -4.41.